The number of hydrogen-bond donors (Lipinski definition) is 1. The Balaban J connectivity index is 2.52. The van der Waals surface area contributed by atoms with Gasteiger partial charge in [0.15, 0.2) is 0 Å². The van der Waals surface area contributed by atoms with Crippen molar-refractivity contribution in [2.75, 3.05) is 6.54 Å². The lowest BCUT2D eigenvalue weighted by atomic mass is 9.77. The van der Waals surface area contributed by atoms with Crippen LogP contribution in [0.1, 0.15) is 67.7 Å². The summed E-state index contributed by atoms with van der Waals surface area (Å²) in [6.45, 7) is 17.0. The van der Waals surface area contributed by atoms with E-state index in [1.165, 1.54) is 19.3 Å². The Morgan fingerprint density at radius 2 is 1.89 bits per heavy atom. The summed E-state index contributed by atoms with van der Waals surface area (Å²) in [6, 6.07) is 0.566. The highest BCUT2D eigenvalue weighted by atomic mass is 16.5. The Kier molecular flexibility index (Phi) is 5.25. The van der Waals surface area contributed by atoms with Gasteiger partial charge in [0, 0.05) is 6.04 Å². The van der Waals surface area contributed by atoms with Crippen LogP contribution < -0.4 is 5.32 Å². The Bertz CT molecular complexity index is 252. The van der Waals surface area contributed by atoms with Crippen LogP contribution in [0.15, 0.2) is 0 Å². The Labute approximate surface area is 114 Å². The fraction of sp³-hybridized carbons (Fsp3) is 1.00. The van der Waals surface area contributed by atoms with Crippen molar-refractivity contribution in [3.05, 3.63) is 0 Å². The summed E-state index contributed by atoms with van der Waals surface area (Å²) in [5.74, 6) is 0.679. The first-order valence-corrected chi connectivity index (χ1v) is 7.51. The van der Waals surface area contributed by atoms with Crippen LogP contribution in [0.25, 0.3) is 0 Å². The standard InChI is InChI=1S/C16H33NO/c1-12(2)17-11-13(15(3,4)5)10-14-8-9-16(6,7)18-14/h12-14,17H,8-11H2,1-7H3. The molecule has 1 aliphatic rings. The van der Waals surface area contributed by atoms with Gasteiger partial charge in [-0.2, -0.15) is 0 Å². The topological polar surface area (TPSA) is 21.3 Å². The summed E-state index contributed by atoms with van der Waals surface area (Å²) in [7, 11) is 0. The molecule has 0 spiro atoms. The van der Waals surface area contributed by atoms with Crippen LogP contribution in [0, 0.1) is 11.3 Å². The van der Waals surface area contributed by atoms with Gasteiger partial charge in [0.05, 0.1) is 11.7 Å². The molecule has 2 nitrogen and oxygen atoms in total. The lowest BCUT2D eigenvalue weighted by molar-refractivity contribution is -0.0317. The summed E-state index contributed by atoms with van der Waals surface area (Å²) >= 11 is 0. The lowest BCUT2D eigenvalue weighted by Gasteiger charge is -2.34. The second-order valence-electron chi connectivity index (χ2n) is 7.90. The van der Waals surface area contributed by atoms with E-state index < -0.39 is 0 Å². The third-order valence-electron chi connectivity index (χ3n) is 4.10. The molecular formula is C16H33NO. The van der Waals surface area contributed by atoms with Gasteiger partial charge in [-0.25, -0.2) is 0 Å². The molecule has 1 rings (SSSR count). The summed E-state index contributed by atoms with van der Waals surface area (Å²) in [4.78, 5) is 0. The van der Waals surface area contributed by atoms with Crippen LogP contribution in [0.4, 0.5) is 0 Å². The fourth-order valence-corrected chi connectivity index (χ4v) is 2.68. The molecule has 0 radical (unpaired) electrons. The average Bonchev–Trinajstić information content (AvgIpc) is 2.50. The fourth-order valence-electron chi connectivity index (χ4n) is 2.68. The van der Waals surface area contributed by atoms with E-state index in [4.69, 9.17) is 4.74 Å². The quantitative estimate of drug-likeness (QED) is 0.802. The summed E-state index contributed by atoms with van der Waals surface area (Å²) < 4.78 is 6.15. The van der Waals surface area contributed by atoms with Crippen molar-refractivity contribution in [2.45, 2.75) is 85.5 Å². The minimum Gasteiger partial charge on any atom is -0.372 e. The summed E-state index contributed by atoms with van der Waals surface area (Å²) in [5.41, 5.74) is 0.441. The Morgan fingerprint density at radius 1 is 1.28 bits per heavy atom. The van der Waals surface area contributed by atoms with Crippen LogP contribution in [-0.4, -0.2) is 24.3 Å². The molecule has 0 aromatic carbocycles. The second-order valence-corrected chi connectivity index (χ2v) is 7.90. The molecule has 1 N–H and O–H groups in total. The molecule has 1 heterocycles. The van der Waals surface area contributed by atoms with Crippen molar-refractivity contribution in [1.82, 2.24) is 5.32 Å². The molecule has 18 heavy (non-hydrogen) atoms. The van der Waals surface area contributed by atoms with Crippen LogP contribution in [0.5, 0.6) is 0 Å². The van der Waals surface area contributed by atoms with Crippen molar-refractivity contribution in [1.29, 1.82) is 0 Å². The minimum absolute atomic E-state index is 0.0958. The van der Waals surface area contributed by atoms with E-state index in [-0.39, 0.29) is 5.60 Å². The highest BCUT2D eigenvalue weighted by Crippen LogP contribution is 2.37. The van der Waals surface area contributed by atoms with E-state index in [1.54, 1.807) is 0 Å². The molecule has 0 amide bonds. The maximum atomic E-state index is 6.15. The van der Waals surface area contributed by atoms with E-state index in [1.807, 2.05) is 0 Å². The zero-order valence-electron chi connectivity index (χ0n) is 13.5. The minimum atomic E-state index is 0.0958. The highest BCUT2D eigenvalue weighted by Gasteiger charge is 2.35. The molecule has 0 aromatic heterocycles. The molecule has 2 atom stereocenters. The van der Waals surface area contributed by atoms with E-state index in [2.05, 4.69) is 53.8 Å². The van der Waals surface area contributed by atoms with Gasteiger partial charge in [-0.05, 0) is 51.0 Å². The molecule has 0 aromatic rings. The van der Waals surface area contributed by atoms with E-state index in [0.717, 1.165) is 6.54 Å². The first-order chi connectivity index (χ1) is 8.10. The SMILES string of the molecule is CC(C)NCC(CC1CCC(C)(C)O1)C(C)(C)C. The van der Waals surface area contributed by atoms with Crippen LogP contribution in [0.2, 0.25) is 0 Å². The lowest BCUT2D eigenvalue weighted by Crippen LogP contribution is -2.37. The Morgan fingerprint density at radius 3 is 2.28 bits per heavy atom. The Hall–Kier alpha value is -0.0800. The van der Waals surface area contributed by atoms with Crippen molar-refractivity contribution < 1.29 is 4.74 Å². The molecule has 2 heteroatoms. The number of rotatable bonds is 5. The van der Waals surface area contributed by atoms with Crippen molar-refractivity contribution in [2.24, 2.45) is 11.3 Å². The summed E-state index contributed by atoms with van der Waals surface area (Å²) in [5, 5.41) is 3.59. The maximum absolute atomic E-state index is 6.15. The van der Waals surface area contributed by atoms with Crippen molar-refractivity contribution in [3.8, 4) is 0 Å². The zero-order valence-corrected chi connectivity index (χ0v) is 13.5. The number of nitrogens with one attached hydrogen (secondary N) is 1. The molecule has 1 saturated heterocycles. The van der Waals surface area contributed by atoms with Gasteiger partial charge >= 0.3 is 0 Å². The van der Waals surface area contributed by atoms with Gasteiger partial charge in [0.25, 0.3) is 0 Å². The molecule has 1 fully saturated rings. The van der Waals surface area contributed by atoms with Crippen LogP contribution >= 0.6 is 0 Å². The maximum Gasteiger partial charge on any atom is 0.0631 e. The zero-order chi connectivity index (χ0) is 14.0. The van der Waals surface area contributed by atoms with Crippen molar-refractivity contribution >= 4 is 0 Å². The largest absolute Gasteiger partial charge is 0.372 e. The first-order valence-electron chi connectivity index (χ1n) is 7.51. The third kappa shape index (κ3) is 5.27. The molecule has 0 saturated carbocycles. The molecule has 0 bridgehead atoms. The predicted octanol–water partition coefficient (Wildman–Crippen LogP) is 3.99. The predicted molar refractivity (Wildman–Crippen MR) is 78.9 cm³/mol. The smallest absolute Gasteiger partial charge is 0.0631 e. The first kappa shape index (κ1) is 16.0. The van der Waals surface area contributed by atoms with Gasteiger partial charge in [-0.3, -0.25) is 0 Å². The normalized spacial score (nSPS) is 25.7. The molecule has 0 aliphatic carbocycles. The van der Waals surface area contributed by atoms with Gasteiger partial charge in [-0.1, -0.05) is 34.6 Å². The van der Waals surface area contributed by atoms with E-state index in [0.29, 0.717) is 23.5 Å². The summed E-state index contributed by atoms with van der Waals surface area (Å²) in [6.07, 6.45) is 4.07. The van der Waals surface area contributed by atoms with Crippen molar-refractivity contribution in [3.63, 3.8) is 0 Å². The second kappa shape index (κ2) is 5.92. The number of ether oxygens (including phenoxy) is 1. The molecule has 1 aliphatic heterocycles. The molecular weight excluding hydrogens is 222 g/mol. The van der Waals surface area contributed by atoms with Gasteiger partial charge < -0.3 is 10.1 Å². The van der Waals surface area contributed by atoms with E-state index >= 15 is 0 Å². The molecule has 2 unspecified atom stereocenters. The average molecular weight is 255 g/mol. The van der Waals surface area contributed by atoms with E-state index in [9.17, 15) is 0 Å². The monoisotopic (exact) mass is 255 g/mol. The molecule has 108 valence electrons. The van der Waals surface area contributed by atoms with Gasteiger partial charge in [-0.15, -0.1) is 0 Å². The highest BCUT2D eigenvalue weighted by molar-refractivity contribution is 4.86. The third-order valence-corrected chi connectivity index (χ3v) is 4.10. The van der Waals surface area contributed by atoms with Crippen LogP contribution in [0.3, 0.4) is 0 Å². The van der Waals surface area contributed by atoms with Gasteiger partial charge in [0.1, 0.15) is 0 Å². The number of hydrogen-bond acceptors (Lipinski definition) is 2. The van der Waals surface area contributed by atoms with Crippen LogP contribution in [-0.2, 0) is 4.74 Å². The van der Waals surface area contributed by atoms with Gasteiger partial charge in [0.2, 0.25) is 0 Å².